The van der Waals surface area contributed by atoms with Crippen molar-refractivity contribution < 1.29 is 8.78 Å². The van der Waals surface area contributed by atoms with Gasteiger partial charge in [-0.1, -0.05) is 25.6 Å². The minimum Gasteiger partial charge on any atom is -0.392 e. The molecule has 0 spiro atoms. The standard InChI is InChI=1S/C11H21F2N3S/c1-2-3-9(11(14)17)16-6-4-15(5-7-16)8-10(12)13/h9-10H,2-8H2,1H3,(H2,14,17). The van der Waals surface area contributed by atoms with Gasteiger partial charge in [0.2, 0.25) is 0 Å². The van der Waals surface area contributed by atoms with E-state index in [1.165, 1.54) is 0 Å². The molecule has 0 radical (unpaired) electrons. The quantitative estimate of drug-likeness (QED) is 0.734. The Morgan fingerprint density at radius 3 is 2.29 bits per heavy atom. The molecule has 100 valence electrons. The normalized spacial score (nSPS) is 20.7. The number of thiocarbonyl (C=S) groups is 1. The van der Waals surface area contributed by atoms with Gasteiger partial charge in [-0.05, 0) is 6.42 Å². The fraction of sp³-hybridized carbons (Fsp3) is 0.909. The maximum atomic E-state index is 12.2. The Balaban J connectivity index is 2.41. The van der Waals surface area contributed by atoms with Crippen LogP contribution in [0.5, 0.6) is 0 Å². The highest BCUT2D eigenvalue weighted by molar-refractivity contribution is 7.80. The maximum Gasteiger partial charge on any atom is 0.251 e. The SMILES string of the molecule is CCCC(C(N)=S)N1CCN(CC(F)F)CC1. The Morgan fingerprint density at radius 1 is 1.29 bits per heavy atom. The fourth-order valence-corrected chi connectivity index (χ4v) is 2.50. The summed E-state index contributed by atoms with van der Waals surface area (Å²) in [5, 5.41) is 0. The summed E-state index contributed by atoms with van der Waals surface area (Å²) in [5.74, 6) is 0. The highest BCUT2D eigenvalue weighted by Crippen LogP contribution is 2.12. The van der Waals surface area contributed by atoms with Crippen LogP contribution in [0.15, 0.2) is 0 Å². The predicted octanol–water partition coefficient (Wildman–Crippen LogP) is 1.32. The van der Waals surface area contributed by atoms with E-state index in [2.05, 4.69) is 11.8 Å². The molecule has 1 aliphatic heterocycles. The highest BCUT2D eigenvalue weighted by Gasteiger charge is 2.25. The van der Waals surface area contributed by atoms with Crippen molar-refractivity contribution in [3.8, 4) is 0 Å². The Morgan fingerprint density at radius 2 is 1.88 bits per heavy atom. The molecular formula is C11H21F2N3S. The van der Waals surface area contributed by atoms with Crippen molar-refractivity contribution in [2.24, 2.45) is 5.73 Å². The second kappa shape index (κ2) is 7.18. The van der Waals surface area contributed by atoms with Crippen LogP contribution in [0.2, 0.25) is 0 Å². The van der Waals surface area contributed by atoms with Gasteiger partial charge in [-0.2, -0.15) is 0 Å². The second-order valence-corrected chi connectivity index (χ2v) is 4.91. The molecule has 1 unspecified atom stereocenters. The van der Waals surface area contributed by atoms with E-state index in [0.717, 1.165) is 25.9 Å². The van der Waals surface area contributed by atoms with Crippen LogP contribution in [0.3, 0.4) is 0 Å². The summed E-state index contributed by atoms with van der Waals surface area (Å²) in [5.41, 5.74) is 5.73. The fourth-order valence-electron chi connectivity index (χ4n) is 2.23. The zero-order chi connectivity index (χ0) is 12.8. The number of rotatable bonds is 6. The van der Waals surface area contributed by atoms with Crippen molar-refractivity contribution in [3.63, 3.8) is 0 Å². The van der Waals surface area contributed by atoms with E-state index in [1.54, 1.807) is 4.90 Å². The lowest BCUT2D eigenvalue weighted by Gasteiger charge is -2.38. The summed E-state index contributed by atoms with van der Waals surface area (Å²) >= 11 is 5.07. The van der Waals surface area contributed by atoms with Gasteiger partial charge in [0, 0.05) is 26.2 Å². The minimum absolute atomic E-state index is 0.126. The molecule has 1 atom stereocenters. The third-order valence-corrected chi connectivity index (χ3v) is 3.41. The summed E-state index contributed by atoms with van der Waals surface area (Å²) < 4.78 is 24.5. The van der Waals surface area contributed by atoms with Gasteiger partial charge in [-0.3, -0.25) is 9.80 Å². The van der Waals surface area contributed by atoms with E-state index >= 15 is 0 Å². The van der Waals surface area contributed by atoms with Crippen LogP contribution < -0.4 is 5.73 Å². The number of hydrogen-bond donors (Lipinski definition) is 1. The van der Waals surface area contributed by atoms with E-state index in [9.17, 15) is 8.78 Å². The van der Waals surface area contributed by atoms with Gasteiger partial charge < -0.3 is 5.73 Å². The molecule has 1 rings (SSSR count). The Bertz CT molecular complexity index is 243. The predicted molar refractivity (Wildman–Crippen MR) is 69.5 cm³/mol. The average molecular weight is 265 g/mol. The number of alkyl halides is 2. The lowest BCUT2D eigenvalue weighted by Crippen LogP contribution is -2.54. The summed E-state index contributed by atoms with van der Waals surface area (Å²) in [6.45, 7) is 4.86. The Labute approximate surface area is 107 Å². The van der Waals surface area contributed by atoms with Gasteiger partial charge in [0.25, 0.3) is 6.43 Å². The summed E-state index contributed by atoms with van der Waals surface area (Å²) in [4.78, 5) is 4.53. The molecule has 0 aromatic carbocycles. The average Bonchev–Trinajstić information content (AvgIpc) is 2.26. The number of nitrogens with zero attached hydrogens (tertiary/aromatic N) is 2. The zero-order valence-electron chi connectivity index (χ0n) is 10.2. The van der Waals surface area contributed by atoms with Crippen molar-refractivity contribution >= 4 is 17.2 Å². The first kappa shape index (κ1) is 14.7. The summed E-state index contributed by atoms with van der Waals surface area (Å²) in [6, 6.07) is 0.128. The Hall–Kier alpha value is -0.330. The van der Waals surface area contributed by atoms with Gasteiger partial charge in [0.05, 0.1) is 17.6 Å². The van der Waals surface area contributed by atoms with Crippen molar-refractivity contribution in [1.82, 2.24) is 9.80 Å². The molecule has 6 heteroatoms. The molecule has 1 fully saturated rings. The van der Waals surface area contributed by atoms with E-state index < -0.39 is 6.43 Å². The molecule has 0 aromatic rings. The molecule has 17 heavy (non-hydrogen) atoms. The molecule has 0 aliphatic carbocycles. The van der Waals surface area contributed by atoms with Crippen molar-refractivity contribution in [1.29, 1.82) is 0 Å². The van der Waals surface area contributed by atoms with Crippen LogP contribution in [0.25, 0.3) is 0 Å². The third-order valence-electron chi connectivity index (χ3n) is 3.13. The topological polar surface area (TPSA) is 32.5 Å². The van der Waals surface area contributed by atoms with Crippen LogP contribution in [0.1, 0.15) is 19.8 Å². The van der Waals surface area contributed by atoms with E-state index in [1.807, 2.05) is 0 Å². The number of halogens is 2. The van der Waals surface area contributed by atoms with Gasteiger partial charge in [-0.15, -0.1) is 0 Å². The first-order valence-corrected chi connectivity index (χ1v) is 6.49. The molecule has 3 nitrogen and oxygen atoms in total. The molecule has 0 aromatic heterocycles. The molecule has 2 N–H and O–H groups in total. The summed E-state index contributed by atoms with van der Waals surface area (Å²) in [7, 11) is 0. The van der Waals surface area contributed by atoms with E-state index in [4.69, 9.17) is 18.0 Å². The third kappa shape index (κ3) is 4.81. The first-order valence-electron chi connectivity index (χ1n) is 6.08. The van der Waals surface area contributed by atoms with Crippen LogP contribution in [0, 0.1) is 0 Å². The largest absolute Gasteiger partial charge is 0.392 e. The van der Waals surface area contributed by atoms with Gasteiger partial charge >= 0.3 is 0 Å². The van der Waals surface area contributed by atoms with Gasteiger partial charge in [-0.25, -0.2) is 8.78 Å². The van der Waals surface area contributed by atoms with Crippen molar-refractivity contribution in [2.45, 2.75) is 32.2 Å². The molecule has 1 heterocycles. The Kier molecular flexibility index (Phi) is 6.22. The number of hydrogen-bond acceptors (Lipinski definition) is 3. The van der Waals surface area contributed by atoms with Crippen LogP contribution in [-0.2, 0) is 0 Å². The molecule has 0 saturated carbocycles. The molecular weight excluding hydrogens is 244 g/mol. The lowest BCUT2D eigenvalue weighted by atomic mass is 10.1. The molecule has 1 saturated heterocycles. The van der Waals surface area contributed by atoms with E-state index in [0.29, 0.717) is 18.1 Å². The molecule has 0 bridgehead atoms. The molecule has 0 amide bonds. The zero-order valence-corrected chi connectivity index (χ0v) is 11.1. The van der Waals surface area contributed by atoms with Gasteiger partial charge in [0.1, 0.15) is 0 Å². The van der Waals surface area contributed by atoms with Crippen LogP contribution >= 0.6 is 12.2 Å². The number of piperazine rings is 1. The number of nitrogens with two attached hydrogens (primary N) is 1. The maximum absolute atomic E-state index is 12.2. The highest BCUT2D eigenvalue weighted by atomic mass is 32.1. The van der Waals surface area contributed by atoms with Crippen LogP contribution in [0.4, 0.5) is 8.78 Å². The summed E-state index contributed by atoms with van der Waals surface area (Å²) in [6.07, 6.45) is -0.271. The second-order valence-electron chi connectivity index (χ2n) is 4.43. The minimum atomic E-state index is -2.25. The van der Waals surface area contributed by atoms with Crippen molar-refractivity contribution in [3.05, 3.63) is 0 Å². The van der Waals surface area contributed by atoms with Crippen molar-refractivity contribution in [2.75, 3.05) is 32.7 Å². The van der Waals surface area contributed by atoms with Gasteiger partial charge in [0.15, 0.2) is 0 Å². The lowest BCUT2D eigenvalue weighted by molar-refractivity contribution is 0.0505. The smallest absolute Gasteiger partial charge is 0.251 e. The van der Waals surface area contributed by atoms with Crippen LogP contribution in [-0.4, -0.2) is 60.0 Å². The first-order chi connectivity index (χ1) is 8.04. The molecule has 1 aliphatic rings. The monoisotopic (exact) mass is 265 g/mol. The van der Waals surface area contributed by atoms with E-state index in [-0.39, 0.29) is 12.6 Å².